The molecule has 0 bridgehead atoms. The van der Waals surface area contributed by atoms with Gasteiger partial charge in [0.25, 0.3) is 0 Å². The van der Waals surface area contributed by atoms with Gasteiger partial charge in [0.05, 0.1) is 0 Å². The Morgan fingerprint density at radius 3 is 1.45 bits per heavy atom. The molecule has 0 amide bonds. The van der Waals surface area contributed by atoms with Gasteiger partial charge >= 0.3 is 0 Å². The van der Waals surface area contributed by atoms with Crippen LogP contribution in [0.4, 0.5) is 0 Å². The summed E-state index contributed by atoms with van der Waals surface area (Å²) >= 11 is 0. The zero-order valence-electron chi connectivity index (χ0n) is 8.65. The van der Waals surface area contributed by atoms with Gasteiger partial charge in [0.15, 0.2) is 0 Å². The summed E-state index contributed by atoms with van der Waals surface area (Å²) in [7, 11) is 2.06. The molecule has 0 aliphatic rings. The molecule has 0 aromatic carbocycles. The molecule has 0 unspecified atom stereocenters. The normalized spacial score (nSPS) is 12.0. The molecule has 68 valence electrons. The Balaban J connectivity index is 3.58. The topological polar surface area (TPSA) is 12.0 Å². The summed E-state index contributed by atoms with van der Waals surface area (Å²) in [4.78, 5) is 0. The van der Waals surface area contributed by atoms with E-state index in [1.54, 1.807) is 0 Å². The fraction of sp³-hybridized carbons (Fsp3) is 1.00. The van der Waals surface area contributed by atoms with Crippen molar-refractivity contribution in [2.75, 3.05) is 7.05 Å². The third kappa shape index (κ3) is 6.36. The maximum absolute atomic E-state index is 3.36. The average molecular weight is 157 g/mol. The van der Waals surface area contributed by atoms with E-state index >= 15 is 0 Å². The second-order valence-corrected chi connectivity index (χ2v) is 4.24. The molecule has 11 heavy (non-hydrogen) atoms. The lowest BCUT2D eigenvalue weighted by Gasteiger charge is -2.19. The molecule has 1 N–H and O–H groups in total. The lowest BCUT2D eigenvalue weighted by molar-refractivity contribution is 0.378. The second kappa shape index (κ2) is 5.59. The van der Waals surface area contributed by atoms with Crippen LogP contribution in [0.25, 0.3) is 0 Å². The molecule has 1 heteroatoms. The fourth-order valence-corrected chi connectivity index (χ4v) is 1.47. The number of rotatable bonds is 5. The second-order valence-electron chi connectivity index (χ2n) is 4.24. The van der Waals surface area contributed by atoms with Crippen LogP contribution < -0.4 is 5.32 Å². The van der Waals surface area contributed by atoms with Crippen LogP contribution in [0.5, 0.6) is 0 Å². The summed E-state index contributed by atoms with van der Waals surface area (Å²) in [5.74, 6) is 1.62. The minimum Gasteiger partial charge on any atom is -0.317 e. The lowest BCUT2D eigenvalue weighted by atomic mass is 9.96. The molecule has 1 nitrogen and oxygen atoms in total. The highest BCUT2D eigenvalue weighted by molar-refractivity contribution is 4.67. The van der Waals surface area contributed by atoms with Crippen LogP contribution in [-0.4, -0.2) is 13.1 Å². The molecule has 0 atom stereocenters. The highest BCUT2D eigenvalue weighted by Gasteiger charge is 2.09. The molecule has 0 aromatic rings. The van der Waals surface area contributed by atoms with Crippen LogP contribution in [-0.2, 0) is 0 Å². The van der Waals surface area contributed by atoms with Crippen molar-refractivity contribution >= 4 is 0 Å². The molecule has 0 aromatic heterocycles. The first-order valence-electron chi connectivity index (χ1n) is 4.73. The molecule has 0 aliphatic carbocycles. The average Bonchev–Trinajstić information content (AvgIpc) is 1.84. The van der Waals surface area contributed by atoms with Crippen molar-refractivity contribution in [2.45, 2.75) is 46.6 Å². The molecule has 0 radical (unpaired) electrons. The van der Waals surface area contributed by atoms with E-state index < -0.39 is 0 Å². The van der Waals surface area contributed by atoms with Crippen LogP contribution in [0.3, 0.4) is 0 Å². The Kier molecular flexibility index (Phi) is 5.57. The zero-order chi connectivity index (χ0) is 8.85. The van der Waals surface area contributed by atoms with Crippen molar-refractivity contribution in [3.8, 4) is 0 Å². The Morgan fingerprint density at radius 2 is 1.27 bits per heavy atom. The van der Waals surface area contributed by atoms with E-state index in [0.29, 0.717) is 0 Å². The molecule has 0 saturated heterocycles. The predicted molar refractivity (Wildman–Crippen MR) is 51.8 cm³/mol. The van der Waals surface area contributed by atoms with E-state index in [1.807, 2.05) is 0 Å². The third-order valence-corrected chi connectivity index (χ3v) is 1.92. The molecule has 0 rings (SSSR count). The Hall–Kier alpha value is -0.0400. The molecule has 0 heterocycles. The van der Waals surface area contributed by atoms with E-state index in [4.69, 9.17) is 0 Å². The van der Waals surface area contributed by atoms with Gasteiger partial charge in [0.1, 0.15) is 0 Å². The molecular formula is C10H23N. The van der Waals surface area contributed by atoms with E-state index in [2.05, 4.69) is 40.1 Å². The van der Waals surface area contributed by atoms with Gasteiger partial charge < -0.3 is 5.32 Å². The Labute approximate surface area is 71.6 Å². The van der Waals surface area contributed by atoms with Crippen molar-refractivity contribution in [1.82, 2.24) is 5.32 Å². The standard InChI is InChI=1S/C10H23N/c1-8(2)6-10(11-5)7-9(3)4/h8-11H,6-7H2,1-5H3. The quantitative estimate of drug-likeness (QED) is 0.647. The molecular weight excluding hydrogens is 134 g/mol. The van der Waals surface area contributed by atoms with Gasteiger partial charge in [-0.15, -0.1) is 0 Å². The van der Waals surface area contributed by atoms with Crippen molar-refractivity contribution in [2.24, 2.45) is 11.8 Å². The van der Waals surface area contributed by atoms with Crippen LogP contribution in [0, 0.1) is 11.8 Å². The zero-order valence-corrected chi connectivity index (χ0v) is 8.65. The number of hydrogen-bond acceptors (Lipinski definition) is 1. The van der Waals surface area contributed by atoms with Gasteiger partial charge in [-0.3, -0.25) is 0 Å². The Bertz CT molecular complexity index is 76.9. The first-order valence-corrected chi connectivity index (χ1v) is 4.73. The van der Waals surface area contributed by atoms with Crippen molar-refractivity contribution in [3.05, 3.63) is 0 Å². The van der Waals surface area contributed by atoms with Crippen LogP contribution in [0.2, 0.25) is 0 Å². The van der Waals surface area contributed by atoms with Gasteiger partial charge in [-0.05, 0) is 31.7 Å². The highest BCUT2D eigenvalue weighted by atomic mass is 14.9. The summed E-state index contributed by atoms with van der Waals surface area (Å²) in [6.07, 6.45) is 2.60. The van der Waals surface area contributed by atoms with Crippen LogP contribution in [0.15, 0.2) is 0 Å². The third-order valence-electron chi connectivity index (χ3n) is 1.92. The van der Waals surface area contributed by atoms with E-state index in [-0.39, 0.29) is 0 Å². The van der Waals surface area contributed by atoms with Gasteiger partial charge in [0, 0.05) is 6.04 Å². The van der Waals surface area contributed by atoms with E-state index in [9.17, 15) is 0 Å². The predicted octanol–water partition coefficient (Wildman–Crippen LogP) is 2.67. The monoisotopic (exact) mass is 157 g/mol. The van der Waals surface area contributed by atoms with Crippen molar-refractivity contribution in [3.63, 3.8) is 0 Å². The smallest absolute Gasteiger partial charge is 0.00689 e. The van der Waals surface area contributed by atoms with Gasteiger partial charge in [-0.2, -0.15) is 0 Å². The molecule has 0 aliphatic heterocycles. The minimum absolute atomic E-state index is 0.718. The number of nitrogens with one attached hydrogen (secondary N) is 1. The molecule has 0 fully saturated rings. The summed E-state index contributed by atoms with van der Waals surface area (Å²) in [5, 5.41) is 3.36. The van der Waals surface area contributed by atoms with Crippen molar-refractivity contribution < 1.29 is 0 Å². The van der Waals surface area contributed by atoms with Crippen LogP contribution in [0.1, 0.15) is 40.5 Å². The first-order chi connectivity index (χ1) is 5.06. The maximum atomic E-state index is 3.36. The summed E-state index contributed by atoms with van der Waals surface area (Å²) in [5.41, 5.74) is 0. The highest BCUT2D eigenvalue weighted by Crippen LogP contribution is 2.12. The lowest BCUT2D eigenvalue weighted by Crippen LogP contribution is -2.28. The molecule has 0 saturated carbocycles. The number of hydrogen-bond donors (Lipinski definition) is 1. The molecule has 0 spiro atoms. The summed E-state index contributed by atoms with van der Waals surface area (Å²) in [6.45, 7) is 9.13. The van der Waals surface area contributed by atoms with Gasteiger partial charge in [-0.1, -0.05) is 27.7 Å². The van der Waals surface area contributed by atoms with Crippen LogP contribution >= 0.6 is 0 Å². The van der Waals surface area contributed by atoms with Crippen molar-refractivity contribution in [1.29, 1.82) is 0 Å². The van der Waals surface area contributed by atoms with E-state index in [1.165, 1.54) is 12.8 Å². The SMILES string of the molecule is CNC(CC(C)C)CC(C)C. The van der Waals surface area contributed by atoms with Gasteiger partial charge in [0.2, 0.25) is 0 Å². The largest absolute Gasteiger partial charge is 0.317 e. The van der Waals surface area contributed by atoms with Gasteiger partial charge in [-0.25, -0.2) is 0 Å². The van der Waals surface area contributed by atoms with E-state index in [0.717, 1.165) is 17.9 Å². The maximum Gasteiger partial charge on any atom is 0.00689 e. The summed E-state index contributed by atoms with van der Waals surface area (Å²) < 4.78 is 0. The fourth-order valence-electron chi connectivity index (χ4n) is 1.47. The Morgan fingerprint density at radius 1 is 0.909 bits per heavy atom. The first kappa shape index (κ1) is 11.0. The summed E-state index contributed by atoms with van der Waals surface area (Å²) in [6, 6.07) is 0.718. The minimum atomic E-state index is 0.718.